The number of halogens is 4. The molecule has 0 saturated heterocycles. The summed E-state index contributed by atoms with van der Waals surface area (Å²) in [4.78, 5) is 0. The molecule has 1 saturated carbocycles. The molecule has 1 aliphatic carbocycles. The molecule has 0 amide bonds. The molecule has 0 aromatic heterocycles. The van der Waals surface area contributed by atoms with Gasteiger partial charge in [-0.25, -0.2) is 4.39 Å². The third-order valence-electron chi connectivity index (χ3n) is 3.69. The Morgan fingerprint density at radius 2 is 1.89 bits per heavy atom. The smallest absolute Gasteiger partial charge is 0.391 e. The molecule has 1 fully saturated rings. The monoisotopic (exact) mass is 277 g/mol. The molecule has 1 aromatic carbocycles. The fraction of sp³-hybridized carbons (Fsp3) is 0.538. The third-order valence-corrected chi connectivity index (χ3v) is 3.69. The highest BCUT2D eigenvalue weighted by Gasteiger charge is 2.39. The van der Waals surface area contributed by atoms with Crippen molar-refractivity contribution in [3.8, 4) is 0 Å². The van der Waals surface area contributed by atoms with Crippen LogP contribution in [0.4, 0.5) is 17.6 Å². The van der Waals surface area contributed by atoms with Crippen LogP contribution in [0.15, 0.2) is 18.2 Å². The van der Waals surface area contributed by atoms with Crippen LogP contribution in [-0.2, 0) is 6.18 Å². The second-order valence-electron chi connectivity index (χ2n) is 4.91. The highest BCUT2D eigenvalue weighted by atomic mass is 19.4. The molecule has 3 N–H and O–H groups in total. The Hall–Kier alpha value is -1.14. The van der Waals surface area contributed by atoms with Crippen molar-refractivity contribution in [1.82, 2.24) is 0 Å². The lowest BCUT2D eigenvalue weighted by atomic mass is 9.77. The van der Waals surface area contributed by atoms with Gasteiger partial charge in [0, 0.05) is 5.56 Å². The minimum atomic E-state index is -4.69. The Kier molecular flexibility index (Phi) is 3.82. The van der Waals surface area contributed by atoms with Gasteiger partial charge in [0.1, 0.15) is 5.82 Å². The molecule has 0 radical (unpaired) electrons. The van der Waals surface area contributed by atoms with Gasteiger partial charge in [-0.15, -0.1) is 0 Å². The summed E-state index contributed by atoms with van der Waals surface area (Å²) in [6, 6.07) is 1.34. The van der Waals surface area contributed by atoms with Crippen LogP contribution in [0, 0.1) is 11.7 Å². The van der Waals surface area contributed by atoms with Crippen LogP contribution in [-0.4, -0.2) is 11.2 Å². The van der Waals surface area contributed by atoms with E-state index in [1.807, 2.05) is 0 Å². The number of hydrogen-bond acceptors (Lipinski definition) is 2. The van der Waals surface area contributed by atoms with E-state index in [4.69, 9.17) is 5.73 Å². The fourth-order valence-electron chi connectivity index (χ4n) is 2.37. The van der Waals surface area contributed by atoms with Crippen LogP contribution >= 0.6 is 0 Å². The zero-order valence-electron chi connectivity index (χ0n) is 10.1. The van der Waals surface area contributed by atoms with Gasteiger partial charge in [-0.2, -0.15) is 13.2 Å². The van der Waals surface area contributed by atoms with Crippen LogP contribution in [0.3, 0.4) is 0 Å². The van der Waals surface area contributed by atoms with Crippen LogP contribution in [0.2, 0.25) is 0 Å². The molecule has 0 heterocycles. The maximum absolute atomic E-state index is 13.7. The average molecular weight is 277 g/mol. The number of rotatable bonds is 3. The molecule has 1 aromatic rings. The first-order valence-electron chi connectivity index (χ1n) is 6.11. The van der Waals surface area contributed by atoms with E-state index in [9.17, 15) is 22.7 Å². The molecule has 6 heteroatoms. The Morgan fingerprint density at radius 3 is 2.37 bits per heavy atom. The third kappa shape index (κ3) is 2.74. The lowest BCUT2D eigenvalue weighted by Gasteiger charge is -2.34. The van der Waals surface area contributed by atoms with Crippen molar-refractivity contribution in [2.24, 2.45) is 11.7 Å². The minimum Gasteiger partial charge on any atom is -0.391 e. The van der Waals surface area contributed by atoms with Crippen molar-refractivity contribution >= 4 is 0 Å². The number of alkyl halides is 3. The second-order valence-corrected chi connectivity index (χ2v) is 4.91. The van der Waals surface area contributed by atoms with Crippen LogP contribution < -0.4 is 5.73 Å². The number of hydrogen-bond donors (Lipinski definition) is 2. The molecular weight excluding hydrogens is 262 g/mol. The van der Waals surface area contributed by atoms with E-state index in [0.29, 0.717) is 12.8 Å². The molecule has 106 valence electrons. The largest absolute Gasteiger partial charge is 0.416 e. The van der Waals surface area contributed by atoms with Gasteiger partial charge in [0.15, 0.2) is 0 Å². The van der Waals surface area contributed by atoms with E-state index >= 15 is 0 Å². The number of aliphatic hydroxyl groups is 1. The van der Waals surface area contributed by atoms with E-state index in [1.165, 1.54) is 0 Å². The summed E-state index contributed by atoms with van der Waals surface area (Å²) in [5.74, 6) is -1.17. The van der Waals surface area contributed by atoms with Gasteiger partial charge in [-0.1, -0.05) is 12.5 Å². The minimum absolute atomic E-state index is 0.143. The summed E-state index contributed by atoms with van der Waals surface area (Å²) in [5.41, 5.74) is 3.90. The van der Waals surface area contributed by atoms with Crippen molar-refractivity contribution < 1.29 is 22.7 Å². The summed E-state index contributed by atoms with van der Waals surface area (Å²) in [7, 11) is 0. The second kappa shape index (κ2) is 5.09. The zero-order chi connectivity index (χ0) is 14.2. The standard InChI is InChI=1S/C13H15F4NO/c14-9-6-2-5-8(13(15,16)17)10(9)11(18)12(19)7-3-1-4-7/h2,5-7,11-12,19H,1,3-4,18H2/t11-,12+/m1/s1. The van der Waals surface area contributed by atoms with Crippen LogP contribution in [0.1, 0.15) is 36.4 Å². The van der Waals surface area contributed by atoms with E-state index in [-0.39, 0.29) is 5.92 Å². The molecule has 2 rings (SSSR count). The average Bonchev–Trinajstić information content (AvgIpc) is 2.24. The fourth-order valence-corrected chi connectivity index (χ4v) is 2.37. The highest BCUT2D eigenvalue weighted by molar-refractivity contribution is 5.34. The molecule has 0 bridgehead atoms. The molecule has 0 aliphatic heterocycles. The van der Waals surface area contributed by atoms with Gasteiger partial charge >= 0.3 is 6.18 Å². The number of benzene rings is 1. The lowest BCUT2D eigenvalue weighted by molar-refractivity contribution is -0.139. The molecule has 1 aliphatic rings. The maximum Gasteiger partial charge on any atom is 0.416 e. The van der Waals surface area contributed by atoms with Gasteiger partial charge < -0.3 is 10.8 Å². The summed E-state index contributed by atoms with van der Waals surface area (Å²) in [5, 5.41) is 9.95. The Balaban J connectivity index is 2.37. The first kappa shape index (κ1) is 14.3. The van der Waals surface area contributed by atoms with Gasteiger partial charge in [0.2, 0.25) is 0 Å². The molecule has 2 nitrogen and oxygen atoms in total. The number of nitrogens with two attached hydrogens (primary N) is 1. The SMILES string of the molecule is N[C@H](c1c(F)cccc1C(F)(F)F)[C@@H](O)C1CCC1. The molecule has 0 unspecified atom stereocenters. The Bertz CT molecular complexity index is 456. The Morgan fingerprint density at radius 1 is 1.26 bits per heavy atom. The van der Waals surface area contributed by atoms with Crippen molar-refractivity contribution in [3.63, 3.8) is 0 Å². The molecule has 0 spiro atoms. The molecule has 19 heavy (non-hydrogen) atoms. The summed E-state index contributed by atoms with van der Waals surface area (Å²) in [6.45, 7) is 0. The lowest BCUT2D eigenvalue weighted by Crippen LogP contribution is -2.38. The maximum atomic E-state index is 13.7. The van der Waals surface area contributed by atoms with E-state index in [0.717, 1.165) is 24.6 Å². The van der Waals surface area contributed by atoms with Gasteiger partial charge in [0.25, 0.3) is 0 Å². The van der Waals surface area contributed by atoms with Gasteiger partial charge in [0.05, 0.1) is 17.7 Å². The van der Waals surface area contributed by atoms with Crippen molar-refractivity contribution in [3.05, 3.63) is 35.1 Å². The summed E-state index contributed by atoms with van der Waals surface area (Å²) >= 11 is 0. The topological polar surface area (TPSA) is 46.2 Å². The quantitative estimate of drug-likeness (QED) is 0.834. The van der Waals surface area contributed by atoms with Gasteiger partial charge in [-0.3, -0.25) is 0 Å². The zero-order valence-corrected chi connectivity index (χ0v) is 10.1. The van der Waals surface area contributed by atoms with E-state index in [1.54, 1.807) is 0 Å². The van der Waals surface area contributed by atoms with E-state index < -0.39 is 35.3 Å². The van der Waals surface area contributed by atoms with Crippen LogP contribution in [0.5, 0.6) is 0 Å². The molecule has 2 atom stereocenters. The summed E-state index contributed by atoms with van der Waals surface area (Å²) in [6.07, 6.45) is -3.49. The number of aliphatic hydroxyl groups excluding tert-OH is 1. The first-order chi connectivity index (χ1) is 8.82. The predicted octanol–water partition coefficient (Wildman–Crippen LogP) is 3.01. The Labute approximate surface area is 108 Å². The van der Waals surface area contributed by atoms with Crippen molar-refractivity contribution in [1.29, 1.82) is 0 Å². The van der Waals surface area contributed by atoms with Crippen molar-refractivity contribution in [2.45, 2.75) is 37.6 Å². The first-order valence-corrected chi connectivity index (χ1v) is 6.11. The van der Waals surface area contributed by atoms with E-state index in [2.05, 4.69) is 0 Å². The van der Waals surface area contributed by atoms with Crippen LogP contribution in [0.25, 0.3) is 0 Å². The normalized spacial score (nSPS) is 19.9. The van der Waals surface area contributed by atoms with Crippen molar-refractivity contribution in [2.75, 3.05) is 0 Å². The predicted molar refractivity (Wildman–Crippen MR) is 61.7 cm³/mol. The highest BCUT2D eigenvalue weighted by Crippen LogP contribution is 2.39. The summed E-state index contributed by atoms with van der Waals surface area (Å²) < 4.78 is 52.2. The van der Waals surface area contributed by atoms with Gasteiger partial charge in [-0.05, 0) is 30.9 Å². The molecular formula is C13H15F4NO.